The minimum atomic E-state index is -0.279. The highest BCUT2D eigenvalue weighted by Gasteiger charge is 2.43. The van der Waals surface area contributed by atoms with Crippen molar-refractivity contribution in [2.24, 2.45) is 11.8 Å². The molecule has 2 aromatic carbocycles. The molecule has 5 rings (SSSR count). The number of pyridine rings is 1. The van der Waals surface area contributed by atoms with E-state index in [1.165, 1.54) is 0 Å². The number of carbonyl (C=O) groups is 1. The van der Waals surface area contributed by atoms with E-state index in [2.05, 4.69) is 21.4 Å². The Kier molecular flexibility index (Phi) is 3.64. The molecule has 1 aliphatic rings. The number of benzene rings is 2. The van der Waals surface area contributed by atoms with E-state index in [0.29, 0.717) is 23.6 Å². The molecule has 142 valence electrons. The van der Waals surface area contributed by atoms with Crippen LogP contribution in [-0.2, 0) is 4.79 Å². The van der Waals surface area contributed by atoms with Gasteiger partial charge < -0.3 is 16.0 Å². The summed E-state index contributed by atoms with van der Waals surface area (Å²) in [5, 5.41) is 13.1. The summed E-state index contributed by atoms with van der Waals surface area (Å²) in [5.74, 6) is -0.320. The minimum absolute atomic E-state index is 0.208. The van der Waals surface area contributed by atoms with Crippen molar-refractivity contribution in [1.82, 2.24) is 14.5 Å². The van der Waals surface area contributed by atoms with Crippen molar-refractivity contribution in [2.75, 3.05) is 11.1 Å². The van der Waals surface area contributed by atoms with E-state index in [-0.39, 0.29) is 23.4 Å². The van der Waals surface area contributed by atoms with Gasteiger partial charge in [-0.15, -0.1) is 0 Å². The van der Waals surface area contributed by atoms with Crippen LogP contribution >= 0.6 is 0 Å². The smallest absolute Gasteiger partial charge is 0.331 e. The molecular formula is C21H16N6O2. The lowest BCUT2D eigenvalue weighted by Gasteiger charge is -2.10. The average molecular weight is 384 g/mol. The minimum Gasteiger partial charge on any atom is -0.398 e. The predicted octanol–water partition coefficient (Wildman–Crippen LogP) is 2.55. The first kappa shape index (κ1) is 17.0. The number of anilines is 2. The lowest BCUT2D eigenvalue weighted by Crippen LogP contribution is -2.16. The number of rotatable bonds is 3. The van der Waals surface area contributed by atoms with Gasteiger partial charge in [-0.1, -0.05) is 12.1 Å². The van der Waals surface area contributed by atoms with Gasteiger partial charge in [-0.3, -0.25) is 9.36 Å². The second kappa shape index (κ2) is 6.21. The number of nitrogen functional groups attached to an aromatic ring is 1. The summed E-state index contributed by atoms with van der Waals surface area (Å²) >= 11 is 0. The molecule has 1 amide bonds. The van der Waals surface area contributed by atoms with Crippen LogP contribution in [0.1, 0.15) is 6.42 Å². The molecule has 0 bridgehead atoms. The molecular weight excluding hydrogens is 368 g/mol. The first-order valence-electron chi connectivity index (χ1n) is 9.15. The lowest BCUT2D eigenvalue weighted by molar-refractivity contribution is -0.117. The third kappa shape index (κ3) is 2.80. The van der Waals surface area contributed by atoms with E-state index in [4.69, 9.17) is 11.0 Å². The Morgan fingerprint density at radius 1 is 1.31 bits per heavy atom. The monoisotopic (exact) mass is 384 g/mol. The molecule has 1 aliphatic carbocycles. The van der Waals surface area contributed by atoms with Gasteiger partial charge >= 0.3 is 5.69 Å². The number of hydrogen-bond acceptors (Lipinski definition) is 5. The summed E-state index contributed by atoms with van der Waals surface area (Å²) in [7, 11) is 0. The number of nitrogens with one attached hydrogen (secondary N) is 2. The number of amides is 1. The quantitative estimate of drug-likeness (QED) is 0.467. The molecule has 8 nitrogen and oxygen atoms in total. The first-order chi connectivity index (χ1) is 14.0. The normalized spacial score (nSPS) is 17.9. The Hall–Kier alpha value is -4.12. The first-order valence-corrected chi connectivity index (χ1v) is 9.15. The standard InChI is InChI=1S/C21H16N6O2/c22-9-12-6-14(12)20(28)26-19-7-11-5-13(8-16(23)15(11)10-24-19)27-18-4-2-1-3-17(18)25-21(27)29/h1-5,7-8,10,12,14H,6,23H2,(H,25,29)(H,24,26,28)/t12-,14+/m0/s1. The molecule has 2 heterocycles. The van der Waals surface area contributed by atoms with Gasteiger partial charge in [0.1, 0.15) is 5.82 Å². The zero-order valence-electron chi connectivity index (χ0n) is 15.2. The van der Waals surface area contributed by atoms with E-state index in [1.54, 1.807) is 22.9 Å². The number of hydrogen-bond donors (Lipinski definition) is 3. The molecule has 4 N–H and O–H groups in total. The molecule has 0 unspecified atom stereocenters. The predicted molar refractivity (Wildman–Crippen MR) is 109 cm³/mol. The zero-order chi connectivity index (χ0) is 20.1. The van der Waals surface area contributed by atoms with Gasteiger partial charge in [-0.05, 0) is 42.1 Å². The molecule has 8 heteroatoms. The molecule has 1 fully saturated rings. The summed E-state index contributed by atoms with van der Waals surface area (Å²) in [6.07, 6.45) is 2.17. The van der Waals surface area contributed by atoms with Crippen LogP contribution < -0.4 is 16.7 Å². The van der Waals surface area contributed by atoms with E-state index in [9.17, 15) is 9.59 Å². The summed E-state index contributed by atoms with van der Waals surface area (Å²) in [4.78, 5) is 31.8. The van der Waals surface area contributed by atoms with Crippen molar-refractivity contribution in [2.45, 2.75) is 6.42 Å². The van der Waals surface area contributed by atoms with E-state index < -0.39 is 0 Å². The number of aromatic amines is 1. The summed E-state index contributed by atoms with van der Waals surface area (Å²) in [6, 6.07) is 14.8. The van der Waals surface area contributed by atoms with Gasteiger partial charge in [0, 0.05) is 17.3 Å². The molecule has 0 radical (unpaired) electrons. The Balaban J connectivity index is 1.58. The third-order valence-electron chi connectivity index (χ3n) is 5.25. The van der Waals surface area contributed by atoms with E-state index in [0.717, 1.165) is 21.8 Å². The molecule has 0 spiro atoms. The highest BCUT2D eigenvalue weighted by Crippen LogP contribution is 2.38. The van der Waals surface area contributed by atoms with Gasteiger partial charge in [-0.2, -0.15) is 5.26 Å². The molecule has 0 saturated heterocycles. The molecule has 0 aliphatic heterocycles. The maximum absolute atomic E-state index is 12.5. The number of nitriles is 1. The van der Waals surface area contributed by atoms with Gasteiger partial charge in [0.2, 0.25) is 5.91 Å². The largest absolute Gasteiger partial charge is 0.398 e. The van der Waals surface area contributed by atoms with Crippen molar-refractivity contribution in [3.8, 4) is 11.8 Å². The number of fused-ring (bicyclic) bond motifs is 2. The SMILES string of the molecule is N#C[C@@H]1C[C@H]1C(=O)Nc1cc2cc(-n3c(=O)[nH]c4ccccc43)cc(N)c2cn1. The van der Waals surface area contributed by atoms with Crippen molar-refractivity contribution < 1.29 is 4.79 Å². The fraction of sp³-hybridized carbons (Fsp3) is 0.143. The van der Waals surface area contributed by atoms with E-state index >= 15 is 0 Å². The fourth-order valence-electron chi connectivity index (χ4n) is 3.62. The number of aromatic nitrogens is 3. The fourth-order valence-corrected chi connectivity index (χ4v) is 3.62. The van der Waals surface area contributed by atoms with Crippen LogP contribution in [0.25, 0.3) is 27.5 Å². The topological polar surface area (TPSA) is 130 Å². The van der Waals surface area contributed by atoms with Crippen LogP contribution in [0.5, 0.6) is 0 Å². The second-order valence-electron chi connectivity index (χ2n) is 7.18. The maximum atomic E-state index is 12.5. The van der Waals surface area contributed by atoms with Gasteiger partial charge in [0.15, 0.2) is 0 Å². The number of para-hydroxylation sites is 2. The third-order valence-corrected chi connectivity index (χ3v) is 5.25. The Labute approximate surface area is 164 Å². The zero-order valence-corrected chi connectivity index (χ0v) is 15.2. The van der Waals surface area contributed by atoms with Crippen LogP contribution in [0.2, 0.25) is 0 Å². The summed E-state index contributed by atoms with van der Waals surface area (Å²) < 4.78 is 1.56. The number of H-pyrrole nitrogens is 1. The maximum Gasteiger partial charge on any atom is 0.331 e. The number of nitrogens with zero attached hydrogens (tertiary/aromatic N) is 3. The average Bonchev–Trinajstić information content (AvgIpc) is 3.42. The van der Waals surface area contributed by atoms with Crippen LogP contribution in [0, 0.1) is 23.2 Å². The van der Waals surface area contributed by atoms with Crippen molar-refractivity contribution in [3.63, 3.8) is 0 Å². The van der Waals surface area contributed by atoms with Crippen molar-refractivity contribution in [3.05, 3.63) is 59.1 Å². The summed E-state index contributed by atoms with van der Waals surface area (Å²) in [6.45, 7) is 0. The Bertz CT molecular complexity index is 1390. The summed E-state index contributed by atoms with van der Waals surface area (Å²) in [5.41, 5.74) is 8.53. The highest BCUT2D eigenvalue weighted by molar-refractivity contribution is 5.99. The number of carbonyl (C=O) groups excluding carboxylic acids is 1. The number of imidazole rings is 1. The molecule has 29 heavy (non-hydrogen) atoms. The van der Waals surface area contributed by atoms with Gasteiger partial charge in [0.25, 0.3) is 0 Å². The van der Waals surface area contributed by atoms with Gasteiger partial charge in [0.05, 0.1) is 34.6 Å². The Morgan fingerprint density at radius 3 is 2.93 bits per heavy atom. The van der Waals surface area contributed by atoms with Crippen LogP contribution in [0.3, 0.4) is 0 Å². The molecule has 2 aromatic heterocycles. The number of nitrogens with two attached hydrogens (primary N) is 1. The highest BCUT2D eigenvalue weighted by atomic mass is 16.2. The Morgan fingerprint density at radius 2 is 2.14 bits per heavy atom. The van der Waals surface area contributed by atoms with Crippen molar-refractivity contribution in [1.29, 1.82) is 5.26 Å². The van der Waals surface area contributed by atoms with Crippen LogP contribution in [0.15, 0.2) is 53.5 Å². The van der Waals surface area contributed by atoms with E-state index in [1.807, 2.05) is 30.3 Å². The second-order valence-corrected chi connectivity index (χ2v) is 7.18. The van der Waals surface area contributed by atoms with Crippen LogP contribution in [0.4, 0.5) is 11.5 Å². The lowest BCUT2D eigenvalue weighted by atomic mass is 10.1. The van der Waals surface area contributed by atoms with Gasteiger partial charge in [-0.25, -0.2) is 9.78 Å². The van der Waals surface area contributed by atoms with Crippen LogP contribution in [-0.4, -0.2) is 20.4 Å². The molecule has 2 atom stereocenters. The molecule has 1 saturated carbocycles. The molecule has 4 aromatic rings. The van der Waals surface area contributed by atoms with Crippen molar-refractivity contribution >= 4 is 39.2 Å².